The van der Waals surface area contributed by atoms with Gasteiger partial charge in [-0.1, -0.05) is 12.1 Å². The molecule has 4 heteroatoms. The van der Waals surface area contributed by atoms with E-state index in [1.54, 1.807) is 0 Å². The second kappa shape index (κ2) is 9.03. The minimum absolute atomic E-state index is 0.336. The van der Waals surface area contributed by atoms with E-state index in [0.29, 0.717) is 13.2 Å². The fourth-order valence-electron chi connectivity index (χ4n) is 2.66. The minimum Gasteiger partial charge on any atom is -0.491 e. The summed E-state index contributed by atoms with van der Waals surface area (Å²) in [6.45, 7) is 7.60. The Morgan fingerprint density at radius 2 is 2.14 bits per heavy atom. The zero-order chi connectivity index (χ0) is 14.9. The molecule has 21 heavy (non-hydrogen) atoms. The van der Waals surface area contributed by atoms with Crippen molar-refractivity contribution in [3.8, 4) is 5.75 Å². The van der Waals surface area contributed by atoms with Gasteiger partial charge in [-0.15, -0.1) is 0 Å². The predicted octanol–water partition coefficient (Wildman–Crippen LogP) is 1.81. The number of hydrogen-bond acceptors (Lipinski definition) is 4. The first-order valence-electron chi connectivity index (χ1n) is 8.04. The molecular weight excluding hydrogens is 264 g/mol. The van der Waals surface area contributed by atoms with Gasteiger partial charge in [-0.2, -0.15) is 0 Å². The van der Waals surface area contributed by atoms with Gasteiger partial charge in [0.1, 0.15) is 18.5 Å². The van der Waals surface area contributed by atoms with Crippen LogP contribution in [0.1, 0.15) is 24.8 Å². The lowest BCUT2D eigenvalue weighted by atomic mass is 10.2. The van der Waals surface area contributed by atoms with E-state index in [1.165, 1.54) is 38.0 Å². The summed E-state index contributed by atoms with van der Waals surface area (Å²) in [4.78, 5) is 2.51. The van der Waals surface area contributed by atoms with Gasteiger partial charge in [0.05, 0.1) is 0 Å². The summed E-state index contributed by atoms with van der Waals surface area (Å²) in [5.74, 6) is 0.822. The molecule has 0 amide bonds. The van der Waals surface area contributed by atoms with Crippen LogP contribution in [0.4, 0.5) is 0 Å². The Morgan fingerprint density at radius 1 is 1.33 bits per heavy atom. The summed E-state index contributed by atoms with van der Waals surface area (Å²) in [7, 11) is 0. The van der Waals surface area contributed by atoms with Gasteiger partial charge in [0, 0.05) is 6.54 Å². The lowest BCUT2D eigenvalue weighted by molar-refractivity contribution is 0.106. The first-order valence-corrected chi connectivity index (χ1v) is 8.04. The molecule has 1 saturated heterocycles. The average molecular weight is 292 g/mol. The molecule has 1 unspecified atom stereocenters. The van der Waals surface area contributed by atoms with Gasteiger partial charge in [0.25, 0.3) is 0 Å². The number of rotatable bonds is 9. The molecule has 0 spiro atoms. The van der Waals surface area contributed by atoms with E-state index >= 15 is 0 Å². The van der Waals surface area contributed by atoms with Crippen molar-refractivity contribution in [2.75, 3.05) is 39.3 Å². The fraction of sp³-hybridized carbons (Fsp3) is 0.647. The Bertz CT molecular complexity index is 406. The third-order valence-electron chi connectivity index (χ3n) is 3.84. The van der Waals surface area contributed by atoms with Crippen molar-refractivity contribution in [2.24, 2.45) is 0 Å². The highest BCUT2D eigenvalue weighted by Gasteiger charge is 2.10. The summed E-state index contributed by atoms with van der Waals surface area (Å²) >= 11 is 0. The van der Waals surface area contributed by atoms with Crippen molar-refractivity contribution in [2.45, 2.75) is 32.3 Å². The van der Waals surface area contributed by atoms with Gasteiger partial charge in [-0.25, -0.2) is 0 Å². The van der Waals surface area contributed by atoms with E-state index in [2.05, 4.69) is 10.2 Å². The topological polar surface area (TPSA) is 44.7 Å². The summed E-state index contributed by atoms with van der Waals surface area (Å²) in [6.07, 6.45) is 3.38. The lowest BCUT2D eigenvalue weighted by Gasteiger charge is -2.16. The molecule has 4 nitrogen and oxygen atoms in total. The quantitative estimate of drug-likeness (QED) is 0.681. The maximum atomic E-state index is 9.89. The molecule has 1 aliphatic rings. The molecule has 0 bridgehead atoms. The van der Waals surface area contributed by atoms with Crippen LogP contribution in [-0.4, -0.2) is 55.4 Å². The molecule has 2 rings (SSSR count). The van der Waals surface area contributed by atoms with Gasteiger partial charge in [-0.3, -0.25) is 0 Å². The number of nitrogens with zero attached hydrogens (tertiary/aromatic N) is 1. The number of benzene rings is 1. The zero-order valence-corrected chi connectivity index (χ0v) is 13.1. The van der Waals surface area contributed by atoms with Crippen LogP contribution in [0.3, 0.4) is 0 Å². The molecule has 1 aromatic carbocycles. The Morgan fingerprint density at radius 3 is 2.90 bits per heavy atom. The molecule has 0 aliphatic carbocycles. The van der Waals surface area contributed by atoms with Crippen molar-refractivity contribution in [3.05, 3.63) is 29.8 Å². The maximum Gasteiger partial charge on any atom is 0.119 e. The summed E-state index contributed by atoms with van der Waals surface area (Å²) in [5.41, 5.74) is 1.17. The van der Waals surface area contributed by atoms with Crippen molar-refractivity contribution >= 4 is 0 Å². The Balaban J connectivity index is 1.50. The molecule has 0 aromatic heterocycles. The van der Waals surface area contributed by atoms with Crippen molar-refractivity contribution in [1.82, 2.24) is 10.2 Å². The number of aryl methyl sites for hydroxylation is 1. The SMILES string of the molecule is Cc1cccc(OCC(O)CNCCCN2CCCC2)c1. The van der Waals surface area contributed by atoms with Gasteiger partial charge in [-0.05, 0) is 70.1 Å². The molecule has 0 saturated carbocycles. The molecule has 1 aliphatic heterocycles. The molecule has 1 aromatic rings. The van der Waals surface area contributed by atoms with Crippen molar-refractivity contribution in [3.63, 3.8) is 0 Å². The largest absolute Gasteiger partial charge is 0.491 e. The molecule has 1 heterocycles. The third-order valence-corrected chi connectivity index (χ3v) is 3.84. The van der Waals surface area contributed by atoms with Crippen LogP contribution in [0.5, 0.6) is 5.75 Å². The monoisotopic (exact) mass is 292 g/mol. The highest BCUT2D eigenvalue weighted by molar-refractivity contribution is 5.27. The minimum atomic E-state index is -0.461. The average Bonchev–Trinajstić information content (AvgIpc) is 2.98. The molecule has 118 valence electrons. The van der Waals surface area contributed by atoms with Crippen LogP contribution in [0, 0.1) is 6.92 Å². The summed E-state index contributed by atoms with van der Waals surface area (Å²) in [5, 5.41) is 13.2. The highest BCUT2D eigenvalue weighted by Crippen LogP contribution is 2.12. The number of hydrogen-bond donors (Lipinski definition) is 2. The normalized spacial score (nSPS) is 17.0. The van der Waals surface area contributed by atoms with E-state index in [1.807, 2.05) is 31.2 Å². The number of likely N-dealkylation sites (tertiary alicyclic amines) is 1. The lowest BCUT2D eigenvalue weighted by Crippen LogP contribution is -2.33. The van der Waals surface area contributed by atoms with Gasteiger partial charge < -0.3 is 20.1 Å². The summed E-state index contributed by atoms with van der Waals surface area (Å²) in [6, 6.07) is 7.90. The van der Waals surface area contributed by atoms with Crippen molar-refractivity contribution < 1.29 is 9.84 Å². The van der Waals surface area contributed by atoms with Gasteiger partial charge in [0.2, 0.25) is 0 Å². The first-order chi connectivity index (χ1) is 10.2. The molecule has 0 radical (unpaired) electrons. The van der Waals surface area contributed by atoms with Crippen molar-refractivity contribution in [1.29, 1.82) is 0 Å². The van der Waals surface area contributed by atoms with Gasteiger partial charge >= 0.3 is 0 Å². The number of aliphatic hydroxyl groups is 1. The predicted molar refractivity (Wildman–Crippen MR) is 85.8 cm³/mol. The molecular formula is C17H28N2O2. The number of aliphatic hydroxyl groups excluding tert-OH is 1. The fourth-order valence-corrected chi connectivity index (χ4v) is 2.66. The van der Waals surface area contributed by atoms with E-state index < -0.39 is 6.10 Å². The summed E-state index contributed by atoms with van der Waals surface area (Å²) < 4.78 is 5.59. The van der Waals surface area contributed by atoms with E-state index in [4.69, 9.17) is 4.74 Å². The third kappa shape index (κ3) is 6.46. The standard InChI is InChI=1S/C17H28N2O2/c1-15-6-4-7-17(12-15)21-14-16(20)13-18-8-5-11-19-9-2-3-10-19/h4,6-7,12,16,18,20H,2-3,5,8-11,13-14H2,1H3. The van der Waals surface area contributed by atoms with Crippen LogP contribution < -0.4 is 10.1 Å². The maximum absolute atomic E-state index is 9.89. The Hall–Kier alpha value is -1.10. The van der Waals surface area contributed by atoms with E-state index in [9.17, 15) is 5.11 Å². The van der Waals surface area contributed by atoms with Crippen LogP contribution >= 0.6 is 0 Å². The highest BCUT2D eigenvalue weighted by atomic mass is 16.5. The van der Waals surface area contributed by atoms with Crippen LogP contribution in [-0.2, 0) is 0 Å². The van der Waals surface area contributed by atoms with Crippen LogP contribution in [0.25, 0.3) is 0 Å². The van der Waals surface area contributed by atoms with E-state index in [-0.39, 0.29) is 0 Å². The number of nitrogens with one attached hydrogen (secondary N) is 1. The molecule has 2 N–H and O–H groups in total. The Kier molecular flexibility index (Phi) is 7.00. The van der Waals surface area contributed by atoms with Gasteiger partial charge in [0.15, 0.2) is 0 Å². The van der Waals surface area contributed by atoms with E-state index in [0.717, 1.165) is 18.7 Å². The smallest absolute Gasteiger partial charge is 0.119 e. The zero-order valence-electron chi connectivity index (χ0n) is 13.1. The molecule has 1 fully saturated rings. The second-order valence-electron chi connectivity index (χ2n) is 5.89. The Labute approximate surface area is 128 Å². The first kappa shape index (κ1) is 16.3. The molecule has 1 atom stereocenters. The number of ether oxygens (including phenoxy) is 1. The van der Waals surface area contributed by atoms with Crippen LogP contribution in [0.2, 0.25) is 0 Å². The second-order valence-corrected chi connectivity index (χ2v) is 5.89. The van der Waals surface area contributed by atoms with Crippen LogP contribution in [0.15, 0.2) is 24.3 Å².